The van der Waals surface area contributed by atoms with Crippen LogP contribution in [0.25, 0.3) is 0 Å². The van der Waals surface area contributed by atoms with Gasteiger partial charge in [-0.25, -0.2) is 0 Å². The van der Waals surface area contributed by atoms with Crippen LogP contribution >= 0.6 is 0 Å². The Morgan fingerprint density at radius 3 is 1.92 bits per heavy atom. The molecule has 0 aliphatic heterocycles. The fourth-order valence-electron chi connectivity index (χ4n) is 4.79. The minimum Gasteiger partial charge on any atom is -0.403 e. The Morgan fingerprint density at radius 1 is 0.861 bits per heavy atom. The number of hydrogen-bond acceptors (Lipinski definition) is 3. The summed E-state index contributed by atoms with van der Waals surface area (Å²) in [6, 6.07) is 28.8. The summed E-state index contributed by atoms with van der Waals surface area (Å²) in [7, 11) is -2.59. The van der Waals surface area contributed by atoms with E-state index in [-0.39, 0.29) is 10.9 Å². The van der Waals surface area contributed by atoms with Crippen molar-refractivity contribution in [1.29, 1.82) is 0 Å². The Hall–Kier alpha value is -2.73. The van der Waals surface area contributed by atoms with E-state index in [4.69, 9.17) is 10.2 Å². The molecule has 3 aromatic carbocycles. The molecule has 0 unspecified atom stereocenters. The van der Waals surface area contributed by atoms with Crippen molar-refractivity contribution in [3.05, 3.63) is 90.5 Å². The molecular formula is C31H42N2O2Si. The van der Waals surface area contributed by atoms with Crippen molar-refractivity contribution in [3.8, 4) is 0 Å². The fraction of sp³-hybridized carbons (Fsp3) is 0.387. The summed E-state index contributed by atoms with van der Waals surface area (Å²) in [4.78, 5) is 12.5. The average molecular weight is 503 g/mol. The third-order valence-corrected chi connectivity index (χ3v) is 11.8. The lowest BCUT2D eigenvalue weighted by Crippen LogP contribution is -2.66. The fourth-order valence-corrected chi connectivity index (χ4v) is 9.33. The smallest absolute Gasteiger partial charge is 0.261 e. The highest BCUT2D eigenvalue weighted by molar-refractivity contribution is 6.99. The third kappa shape index (κ3) is 6.93. The summed E-state index contributed by atoms with van der Waals surface area (Å²) in [5, 5.41) is 5.42. The number of unbranched alkanes of at least 4 members (excludes halogenated alkanes) is 3. The van der Waals surface area contributed by atoms with E-state index in [9.17, 15) is 4.79 Å². The van der Waals surface area contributed by atoms with Crippen molar-refractivity contribution in [3.63, 3.8) is 0 Å². The summed E-state index contributed by atoms with van der Waals surface area (Å²) in [6.07, 6.45) is 5.19. The van der Waals surface area contributed by atoms with Gasteiger partial charge in [0.2, 0.25) is 5.91 Å². The second-order valence-electron chi connectivity index (χ2n) is 10.6. The number of amides is 1. The summed E-state index contributed by atoms with van der Waals surface area (Å²) < 4.78 is 7.01. The number of anilines is 1. The molecule has 3 N–H and O–H groups in total. The predicted octanol–water partition coefficient (Wildman–Crippen LogP) is 6.00. The van der Waals surface area contributed by atoms with Crippen molar-refractivity contribution < 1.29 is 9.22 Å². The van der Waals surface area contributed by atoms with Gasteiger partial charge in [-0.15, -0.1) is 0 Å². The van der Waals surface area contributed by atoms with Gasteiger partial charge in [-0.3, -0.25) is 4.79 Å². The first-order valence-electron chi connectivity index (χ1n) is 13.2. The highest BCUT2D eigenvalue weighted by Gasteiger charge is 2.50. The lowest BCUT2D eigenvalue weighted by Gasteiger charge is -2.43. The molecule has 1 amide bonds. The van der Waals surface area contributed by atoms with Crippen molar-refractivity contribution in [2.45, 2.75) is 77.5 Å². The van der Waals surface area contributed by atoms with E-state index in [0.717, 1.165) is 30.5 Å². The lowest BCUT2D eigenvalue weighted by molar-refractivity contribution is -0.117. The molecule has 0 saturated carbocycles. The molecule has 0 saturated heterocycles. The number of nitrogens with two attached hydrogens (primary N) is 1. The zero-order chi connectivity index (χ0) is 26.0. The summed E-state index contributed by atoms with van der Waals surface area (Å²) >= 11 is 0. The molecule has 3 aromatic rings. The van der Waals surface area contributed by atoms with E-state index < -0.39 is 14.4 Å². The Bertz CT molecular complexity index is 1020. The maximum absolute atomic E-state index is 12.5. The van der Waals surface area contributed by atoms with Crippen molar-refractivity contribution in [2.75, 3.05) is 5.32 Å². The van der Waals surface area contributed by atoms with Gasteiger partial charge in [0.15, 0.2) is 0 Å². The molecule has 0 spiro atoms. The molecule has 0 aromatic heterocycles. The number of carbonyl (C=O) groups excluding carboxylic acids is 1. The van der Waals surface area contributed by atoms with Crippen LogP contribution in [0.5, 0.6) is 0 Å². The van der Waals surface area contributed by atoms with Crippen LogP contribution in [0.3, 0.4) is 0 Å². The first-order valence-corrected chi connectivity index (χ1v) is 15.1. The number of hydrogen-bond donors (Lipinski definition) is 2. The molecule has 192 valence electrons. The number of benzene rings is 3. The first-order chi connectivity index (χ1) is 17.3. The molecule has 0 aliphatic rings. The lowest BCUT2D eigenvalue weighted by atomic mass is 10.1. The maximum Gasteiger partial charge on any atom is 0.261 e. The second kappa shape index (κ2) is 13.0. The Morgan fingerprint density at radius 2 is 1.42 bits per heavy atom. The SMILES string of the molecule is CCCCCC[C@H](N)C(=O)Nc1ccc(CO[Si](c2ccccc2)(c2ccccc2)C(C)(C)C)cc1. The molecule has 36 heavy (non-hydrogen) atoms. The quantitative estimate of drug-likeness (QED) is 0.236. The van der Waals surface area contributed by atoms with Crippen molar-refractivity contribution in [1.82, 2.24) is 0 Å². The van der Waals surface area contributed by atoms with Crippen LogP contribution in [0.1, 0.15) is 65.4 Å². The van der Waals surface area contributed by atoms with E-state index in [1.165, 1.54) is 23.2 Å². The minimum atomic E-state index is -2.59. The molecule has 0 radical (unpaired) electrons. The van der Waals surface area contributed by atoms with Crippen LogP contribution in [-0.2, 0) is 15.8 Å². The van der Waals surface area contributed by atoms with Crippen LogP contribution in [0.4, 0.5) is 5.69 Å². The maximum atomic E-state index is 12.5. The molecule has 0 aliphatic carbocycles. The summed E-state index contributed by atoms with van der Waals surface area (Å²) in [5.41, 5.74) is 7.93. The Kier molecular flexibility index (Phi) is 10.1. The third-order valence-electron chi connectivity index (χ3n) is 6.80. The van der Waals surface area contributed by atoms with Crippen LogP contribution < -0.4 is 21.4 Å². The van der Waals surface area contributed by atoms with Gasteiger partial charge in [-0.05, 0) is 39.5 Å². The van der Waals surface area contributed by atoms with E-state index in [2.05, 4.69) is 93.7 Å². The first kappa shape index (κ1) is 27.8. The van der Waals surface area contributed by atoms with Gasteiger partial charge >= 0.3 is 0 Å². The van der Waals surface area contributed by atoms with Gasteiger partial charge in [0.05, 0.1) is 12.6 Å². The molecule has 0 fully saturated rings. The van der Waals surface area contributed by atoms with Gasteiger partial charge in [0.1, 0.15) is 0 Å². The minimum absolute atomic E-state index is 0.0725. The van der Waals surface area contributed by atoms with Crippen LogP contribution in [0, 0.1) is 0 Å². The van der Waals surface area contributed by atoms with Crippen LogP contribution in [0.15, 0.2) is 84.9 Å². The molecule has 3 rings (SSSR count). The number of carbonyl (C=O) groups is 1. The number of nitrogens with one attached hydrogen (secondary N) is 1. The van der Waals surface area contributed by atoms with Gasteiger partial charge in [0, 0.05) is 5.69 Å². The topological polar surface area (TPSA) is 64.4 Å². The highest BCUT2D eigenvalue weighted by Crippen LogP contribution is 2.37. The average Bonchev–Trinajstić information content (AvgIpc) is 2.88. The number of rotatable bonds is 12. The van der Waals surface area contributed by atoms with Gasteiger partial charge in [-0.2, -0.15) is 0 Å². The zero-order valence-corrected chi connectivity index (χ0v) is 23.3. The highest BCUT2D eigenvalue weighted by atomic mass is 28.4. The molecular weight excluding hydrogens is 460 g/mol. The zero-order valence-electron chi connectivity index (χ0n) is 22.3. The van der Waals surface area contributed by atoms with Gasteiger partial charge in [0.25, 0.3) is 8.32 Å². The summed E-state index contributed by atoms with van der Waals surface area (Å²) in [6.45, 7) is 9.52. The van der Waals surface area contributed by atoms with Crippen LogP contribution in [0.2, 0.25) is 5.04 Å². The van der Waals surface area contributed by atoms with E-state index in [1.807, 2.05) is 24.3 Å². The second-order valence-corrected chi connectivity index (χ2v) is 14.9. The molecule has 4 nitrogen and oxygen atoms in total. The van der Waals surface area contributed by atoms with Gasteiger partial charge in [-0.1, -0.05) is 126 Å². The monoisotopic (exact) mass is 502 g/mol. The predicted molar refractivity (Wildman–Crippen MR) is 154 cm³/mol. The summed E-state index contributed by atoms with van der Waals surface area (Å²) in [5.74, 6) is -0.122. The molecule has 1 atom stereocenters. The van der Waals surface area contributed by atoms with Crippen LogP contribution in [-0.4, -0.2) is 20.3 Å². The van der Waals surface area contributed by atoms with E-state index in [1.54, 1.807) is 0 Å². The van der Waals surface area contributed by atoms with E-state index >= 15 is 0 Å². The molecule has 0 heterocycles. The van der Waals surface area contributed by atoms with Crippen molar-refractivity contribution in [2.24, 2.45) is 5.73 Å². The standard InChI is InChI=1S/C31H42N2O2Si/c1-5-6-7-14-19-29(32)30(34)33-26-22-20-25(21-23-26)24-35-36(31(2,3)4,27-15-10-8-11-16-27)28-17-12-9-13-18-28/h8-13,15-18,20-23,29H,5-7,14,19,24,32H2,1-4H3,(H,33,34)/t29-/m0/s1. The Balaban J connectivity index is 1.74. The largest absolute Gasteiger partial charge is 0.403 e. The van der Waals surface area contributed by atoms with Gasteiger partial charge < -0.3 is 15.5 Å². The molecule has 5 heteroatoms. The Labute approximate surface area is 218 Å². The van der Waals surface area contributed by atoms with Crippen molar-refractivity contribution >= 4 is 30.3 Å². The molecule has 0 bridgehead atoms. The normalized spacial score (nSPS) is 12.8. The van der Waals surface area contributed by atoms with E-state index in [0.29, 0.717) is 6.61 Å².